The smallest absolute Gasteiger partial charge is 0.146 e. The van der Waals surface area contributed by atoms with Crippen molar-refractivity contribution >= 4 is 23.2 Å². The van der Waals surface area contributed by atoms with Crippen LogP contribution in [0.4, 0.5) is 0 Å². The number of hydrogen-bond acceptors (Lipinski definition) is 2. The minimum atomic E-state index is -0.488. The number of aliphatic hydroxyl groups is 1. The molecule has 0 heterocycles. The van der Waals surface area contributed by atoms with Gasteiger partial charge in [-0.3, -0.25) is 0 Å². The molecule has 0 bridgehead atoms. The Morgan fingerprint density at radius 1 is 1.06 bits per heavy atom. The zero-order valence-electron chi connectivity index (χ0n) is 9.73. The van der Waals surface area contributed by atoms with Crippen LogP contribution in [0.1, 0.15) is 18.6 Å². The van der Waals surface area contributed by atoms with Crippen molar-refractivity contribution < 1.29 is 9.84 Å². The van der Waals surface area contributed by atoms with Gasteiger partial charge < -0.3 is 9.84 Å². The Hall–Kier alpha value is -1.22. The van der Waals surface area contributed by atoms with Gasteiger partial charge in [-0.05, 0) is 42.8 Å². The van der Waals surface area contributed by atoms with Crippen LogP contribution in [-0.4, -0.2) is 5.11 Å². The van der Waals surface area contributed by atoms with Crippen LogP contribution in [0.25, 0.3) is 0 Å². The Balaban J connectivity index is 2.18. The van der Waals surface area contributed by atoms with Crippen molar-refractivity contribution in [2.45, 2.75) is 13.0 Å². The first kappa shape index (κ1) is 13.2. The zero-order chi connectivity index (χ0) is 13.1. The van der Waals surface area contributed by atoms with Gasteiger partial charge >= 0.3 is 0 Å². The molecule has 2 aromatic rings. The van der Waals surface area contributed by atoms with Gasteiger partial charge in [0, 0.05) is 5.02 Å². The molecule has 0 aliphatic rings. The molecule has 0 aromatic heterocycles. The summed E-state index contributed by atoms with van der Waals surface area (Å²) >= 11 is 11.8. The van der Waals surface area contributed by atoms with E-state index in [1.165, 1.54) is 0 Å². The highest BCUT2D eigenvalue weighted by molar-refractivity contribution is 6.35. The van der Waals surface area contributed by atoms with Crippen molar-refractivity contribution in [3.63, 3.8) is 0 Å². The Morgan fingerprint density at radius 3 is 2.28 bits per heavy atom. The van der Waals surface area contributed by atoms with E-state index in [1.807, 2.05) is 12.1 Å². The molecule has 0 aliphatic carbocycles. The summed E-state index contributed by atoms with van der Waals surface area (Å²) in [7, 11) is 0. The van der Waals surface area contributed by atoms with E-state index in [1.54, 1.807) is 37.3 Å². The zero-order valence-corrected chi connectivity index (χ0v) is 11.2. The average Bonchev–Trinajstić information content (AvgIpc) is 2.33. The lowest BCUT2D eigenvalue weighted by molar-refractivity contribution is 0.199. The van der Waals surface area contributed by atoms with E-state index in [2.05, 4.69) is 0 Å². The summed E-state index contributed by atoms with van der Waals surface area (Å²) in [4.78, 5) is 0. The third-order valence-corrected chi connectivity index (χ3v) is 3.01. The topological polar surface area (TPSA) is 29.5 Å². The molecular formula is C14H12Cl2O2. The Kier molecular flexibility index (Phi) is 4.12. The molecule has 2 aromatic carbocycles. The molecule has 0 saturated carbocycles. The number of hydrogen-bond donors (Lipinski definition) is 1. The van der Waals surface area contributed by atoms with Crippen LogP contribution >= 0.6 is 23.2 Å². The fraction of sp³-hybridized carbons (Fsp3) is 0.143. The summed E-state index contributed by atoms with van der Waals surface area (Å²) < 4.78 is 5.63. The maximum atomic E-state index is 9.40. The van der Waals surface area contributed by atoms with Crippen molar-refractivity contribution in [2.75, 3.05) is 0 Å². The Labute approximate surface area is 116 Å². The summed E-state index contributed by atoms with van der Waals surface area (Å²) in [5.41, 5.74) is 0.838. The van der Waals surface area contributed by atoms with E-state index in [0.29, 0.717) is 21.5 Å². The van der Waals surface area contributed by atoms with Gasteiger partial charge in [-0.15, -0.1) is 0 Å². The lowest BCUT2D eigenvalue weighted by Gasteiger charge is -2.09. The van der Waals surface area contributed by atoms with Crippen LogP contribution in [0.15, 0.2) is 42.5 Å². The molecule has 2 nitrogen and oxygen atoms in total. The second kappa shape index (κ2) is 5.61. The predicted molar refractivity (Wildman–Crippen MR) is 73.6 cm³/mol. The first-order valence-corrected chi connectivity index (χ1v) is 6.23. The van der Waals surface area contributed by atoms with E-state index >= 15 is 0 Å². The second-order valence-corrected chi connectivity index (χ2v) is 4.77. The third-order valence-electron chi connectivity index (χ3n) is 2.48. The minimum absolute atomic E-state index is 0.460. The maximum absolute atomic E-state index is 9.40. The molecule has 1 atom stereocenters. The van der Waals surface area contributed by atoms with Gasteiger partial charge in [0.1, 0.15) is 11.5 Å². The summed E-state index contributed by atoms with van der Waals surface area (Å²) in [6.07, 6.45) is -0.488. The molecule has 18 heavy (non-hydrogen) atoms. The summed E-state index contributed by atoms with van der Waals surface area (Å²) in [5.74, 6) is 1.20. The van der Waals surface area contributed by atoms with Crippen LogP contribution in [0.5, 0.6) is 11.5 Å². The van der Waals surface area contributed by atoms with Crippen LogP contribution < -0.4 is 4.74 Å². The predicted octanol–water partition coefficient (Wildman–Crippen LogP) is 4.84. The number of ether oxygens (including phenoxy) is 1. The molecule has 0 fully saturated rings. The van der Waals surface area contributed by atoms with Gasteiger partial charge in [0.2, 0.25) is 0 Å². The number of rotatable bonds is 3. The number of benzene rings is 2. The van der Waals surface area contributed by atoms with Gasteiger partial charge in [-0.2, -0.15) is 0 Å². The van der Waals surface area contributed by atoms with E-state index in [0.717, 1.165) is 5.56 Å². The van der Waals surface area contributed by atoms with Crippen molar-refractivity contribution in [1.29, 1.82) is 0 Å². The maximum Gasteiger partial charge on any atom is 0.146 e. The molecule has 0 radical (unpaired) electrons. The quantitative estimate of drug-likeness (QED) is 0.873. The standard InChI is InChI=1S/C14H12Cl2O2/c1-9(17)10-2-5-12(6-3-10)18-14-7-4-11(15)8-13(14)16/h2-9,17H,1H3/t9-/m1/s1. The van der Waals surface area contributed by atoms with E-state index < -0.39 is 6.10 Å². The molecule has 0 spiro atoms. The number of halogens is 2. The van der Waals surface area contributed by atoms with Gasteiger partial charge in [-0.1, -0.05) is 35.3 Å². The van der Waals surface area contributed by atoms with Crippen molar-refractivity contribution in [2.24, 2.45) is 0 Å². The highest BCUT2D eigenvalue weighted by Crippen LogP contribution is 2.31. The molecule has 4 heteroatoms. The first-order chi connectivity index (χ1) is 8.56. The lowest BCUT2D eigenvalue weighted by atomic mass is 10.1. The first-order valence-electron chi connectivity index (χ1n) is 5.47. The van der Waals surface area contributed by atoms with Gasteiger partial charge in [0.25, 0.3) is 0 Å². The summed E-state index contributed by atoms with van der Waals surface area (Å²) in [5, 5.41) is 10.4. The SMILES string of the molecule is C[C@@H](O)c1ccc(Oc2ccc(Cl)cc2Cl)cc1. The van der Waals surface area contributed by atoms with Gasteiger partial charge in [0.05, 0.1) is 11.1 Å². The molecule has 0 unspecified atom stereocenters. The van der Waals surface area contributed by atoms with Crippen LogP contribution in [-0.2, 0) is 0 Å². The Morgan fingerprint density at radius 2 is 1.72 bits per heavy atom. The van der Waals surface area contributed by atoms with E-state index in [9.17, 15) is 5.11 Å². The summed E-state index contributed by atoms with van der Waals surface area (Å²) in [6, 6.07) is 12.2. The average molecular weight is 283 g/mol. The van der Waals surface area contributed by atoms with Crippen molar-refractivity contribution in [1.82, 2.24) is 0 Å². The van der Waals surface area contributed by atoms with Crippen LogP contribution in [0.2, 0.25) is 10.0 Å². The number of aliphatic hydroxyl groups excluding tert-OH is 1. The molecule has 1 N–H and O–H groups in total. The van der Waals surface area contributed by atoms with E-state index in [-0.39, 0.29) is 0 Å². The second-order valence-electron chi connectivity index (χ2n) is 3.92. The van der Waals surface area contributed by atoms with Crippen molar-refractivity contribution in [3.8, 4) is 11.5 Å². The van der Waals surface area contributed by atoms with Crippen molar-refractivity contribution in [3.05, 3.63) is 58.1 Å². The largest absolute Gasteiger partial charge is 0.456 e. The highest BCUT2D eigenvalue weighted by Gasteiger charge is 2.05. The van der Waals surface area contributed by atoms with E-state index in [4.69, 9.17) is 27.9 Å². The normalized spacial score (nSPS) is 12.2. The molecule has 0 aliphatic heterocycles. The molecule has 0 amide bonds. The molecule has 0 saturated heterocycles. The fourth-order valence-electron chi connectivity index (χ4n) is 1.50. The summed E-state index contributed by atoms with van der Waals surface area (Å²) in [6.45, 7) is 1.71. The van der Waals surface area contributed by atoms with Crippen LogP contribution in [0, 0.1) is 0 Å². The molecular weight excluding hydrogens is 271 g/mol. The van der Waals surface area contributed by atoms with Gasteiger partial charge in [-0.25, -0.2) is 0 Å². The van der Waals surface area contributed by atoms with Gasteiger partial charge in [0.15, 0.2) is 0 Å². The highest BCUT2D eigenvalue weighted by atomic mass is 35.5. The third kappa shape index (κ3) is 3.16. The lowest BCUT2D eigenvalue weighted by Crippen LogP contribution is -1.91. The molecule has 2 rings (SSSR count). The Bertz CT molecular complexity index is 536. The minimum Gasteiger partial charge on any atom is -0.456 e. The van der Waals surface area contributed by atoms with Crippen LogP contribution in [0.3, 0.4) is 0 Å². The monoisotopic (exact) mass is 282 g/mol. The fourth-order valence-corrected chi connectivity index (χ4v) is 1.95. The molecule has 94 valence electrons.